The topological polar surface area (TPSA) is 70.6 Å². The summed E-state index contributed by atoms with van der Waals surface area (Å²) in [5.41, 5.74) is 1.57. The van der Waals surface area contributed by atoms with E-state index < -0.39 is 5.82 Å². The molecule has 0 bridgehead atoms. The van der Waals surface area contributed by atoms with Crippen LogP contribution in [0, 0.1) is 11.7 Å². The highest BCUT2D eigenvalue weighted by Gasteiger charge is 2.28. The van der Waals surface area contributed by atoms with Crippen LogP contribution in [-0.2, 0) is 13.0 Å². The van der Waals surface area contributed by atoms with Crippen molar-refractivity contribution in [1.29, 1.82) is 0 Å². The molecule has 1 aromatic carbocycles. The number of urea groups is 1. The number of ether oxygens (including phenoxy) is 1. The Kier molecular flexibility index (Phi) is 6.34. The summed E-state index contributed by atoms with van der Waals surface area (Å²) in [7, 11) is 0. The molecule has 0 spiro atoms. The third kappa shape index (κ3) is 4.78. The lowest BCUT2D eigenvalue weighted by Gasteiger charge is -2.33. The van der Waals surface area contributed by atoms with Gasteiger partial charge >= 0.3 is 6.03 Å². The molecule has 2 aliphatic heterocycles. The number of amides is 2. The minimum absolute atomic E-state index is 0.106. The van der Waals surface area contributed by atoms with Crippen LogP contribution in [0.1, 0.15) is 31.0 Å². The molecule has 1 saturated heterocycles. The first-order valence-corrected chi connectivity index (χ1v) is 10.8. The summed E-state index contributed by atoms with van der Waals surface area (Å²) in [4.78, 5) is 25.8. The Morgan fingerprint density at radius 1 is 1.29 bits per heavy atom. The zero-order valence-electron chi connectivity index (χ0n) is 17.8. The van der Waals surface area contributed by atoms with Gasteiger partial charge in [0.2, 0.25) is 11.8 Å². The Morgan fingerprint density at radius 2 is 2.06 bits per heavy atom. The van der Waals surface area contributed by atoms with E-state index >= 15 is 0 Å². The highest BCUT2D eigenvalue weighted by atomic mass is 19.1. The van der Waals surface area contributed by atoms with Gasteiger partial charge in [-0.05, 0) is 30.9 Å². The Morgan fingerprint density at radius 3 is 2.81 bits per heavy atom. The van der Waals surface area contributed by atoms with Gasteiger partial charge in [0.1, 0.15) is 0 Å². The van der Waals surface area contributed by atoms with Crippen LogP contribution >= 0.6 is 0 Å². The van der Waals surface area contributed by atoms with Crippen molar-refractivity contribution in [3.05, 3.63) is 54.0 Å². The predicted molar refractivity (Wildman–Crippen MR) is 117 cm³/mol. The molecule has 2 aliphatic rings. The van der Waals surface area contributed by atoms with Crippen LogP contribution in [-0.4, -0.2) is 47.1 Å². The summed E-state index contributed by atoms with van der Waals surface area (Å²) < 4.78 is 20.2. The van der Waals surface area contributed by atoms with E-state index in [1.54, 1.807) is 29.2 Å². The SMILES string of the molecule is C=CCNC(=O)N1CCc2nc(N3CCC(C)CC3)nc(Oc3ccccc3F)c2C1. The van der Waals surface area contributed by atoms with E-state index in [4.69, 9.17) is 9.72 Å². The number of carbonyl (C=O) groups excluding carboxylic acids is 1. The van der Waals surface area contributed by atoms with Gasteiger partial charge in [0.25, 0.3) is 0 Å². The number of nitrogens with one attached hydrogen (secondary N) is 1. The van der Waals surface area contributed by atoms with Crippen molar-refractivity contribution in [3.63, 3.8) is 0 Å². The maximum atomic E-state index is 14.3. The second-order valence-corrected chi connectivity index (χ2v) is 8.10. The predicted octanol–water partition coefficient (Wildman–Crippen LogP) is 3.90. The summed E-state index contributed by atoms with van der Waals surface area (Å²) in [6.07, 6.45) is 4.39. The second-order valence-electron chi connectivity index (χ2n) is 8.10. The van der Waals surface area contributed by atoms with E-state index in [-0.39, 0.29) is 11.8 Å². The van der Waals surface area contributed by atoms with Gasteiger partial charge in [-0.3, -0.25) is 0 Å². The molecule has 8 heteroatoms. The lowest BCUT2D eigenvalue weighted by atomic mass is 9.99. The van der Waals surface area contributed by atoms with Crippen molar-refractivity contribution < 1.29 is 13.9 Å². The quantitative estimate of drug-likeness (QED) is 0.736. The van der Waals surface area contributed by atoms with E-state index in [9.17, 15) is 9.18 Å². The number of hydrogen-bond donors (Lipinski definition) is 1. The van der Waals surface area contributed by atoms with E-state index in [1.807, 2.05) is 0 Å². The van der Waals surface area contributed by atoms with Crippen molar-refractivity contribution >= 4 is 12.0 Å². The maximum Gasteiger partial charge on any atom is 0.317 e. The van der Waals surface area contributed by atoms with Gasteiger partial charge in [-0.15, -0.1) is 6.58 Å². The van der Waals surface area contributed by atoms with Gasteiger partial charge in [0.15, 0.2) is 11.6 Å². The Balaban J connectivity index is 1.66. The fourth-order valence-electron chi connectivity index (χ4n) is 3.88. The van der Waals surface area contributed by atoms with Gasteiger partial charge in [-0.25, -0.2) is 14.2 Å². The van der Waals surface area contributed by atoms with Crippen molar-refractivity contribution in [2.75, 3.05) is 31.1 Å². The van der Waals surface area contributed by atoms with Gasteiger partial charge in [0, 0.05) is 32.6 Å². The van der Waals surface area contributed by atoms with Crippen LogP contribution in [0.15, 0.2) is 36.9 Å². The molecular weight excluding hydrogens is 397 g/mol. The molecule has 7 nitrogen and oxygen atoms in total. The van der Waals surface area contributed by atoms with Crippen LogP contribution in [0.3, 0.4) is 0 Å². The van der Waals surface area contributed by atoms with E-state index in [1.165, 1.54) is 6.07 Å². The fourth-order valence-corrected chi connectivity index (χ4v) is 3.88. The number of piperidine rings is 1. The van der Waals surface area contributed by atoms with E-state index in [0.29, 0.717) is 43.8 Å². The minimum atomic E-state index is -0.459. The lowest BCUT2D eigenvalue weighted by molar-refractivity contribution is 0.192. The molecule has 0 unspecified atom stereocenters. The first-order chi connectivity index (χ1) is 15.0. The number of para-hydroxylation sites is 1. The third-order valence-electron chi connectivity index (χ3n) is 5.81. The van der Waals surface area contributed by atoms with Crippen LogP contribution in [0.25, 0.3) is 0 Å². The lowest BCUT2D eigenvalue weighted by Crippen LogP contribution is -2.43. The van der Waals surface area contributed by atoms with Gasteiger partial charge in [0.05, 0.1) is 17.8 Å². The normalized spacial score (nSPS) is 16.6. The van der Waals surface area contributed by atoms with E-state index in [2.05, 4.69) is 28.7 Å². The summed E-state index contributed by atoms with van der Waals surface area (Å²) in [5, 5.41) is 2.80. The summed E-state index contributed by atoms with van der Waals surface area (Å²) in [6.45, 7) is 8.89. The molecule has 1 aromatic heterocycles. The molecule has 1 fully saturated rings. The minimum Gasteiger partial charge on any atom is -0.435 e. The summed E-state index contributed by atoms with van der Waals surface area (Å²) in [5.74, 6) is 1.26. The molecule has 3 heterocycles. The molecule has 0 aliphatic carbocycles. The van der Waals surface area contributed by atoms with Crippen molar-refractivity contribution in [3.8, 4) is 11.6 Å². The van der Waals surface area contributed by atoms with Crippen LogP contribution in [0.4, 0.5) is 15.1 Å². The molecule has 164 valence electrons. The first-order valence-electron chi connectivity index (χ1n) is 10.8. The molecule has 2 aromatic rings. The number of nitrogens with zero attached hydrogens (tertiary/aromatic N) is 4. The number of hydrogen-bond acceptors (Lipinski definition) is 5. The smallest absolute Gasteiger partial charge is 0.317 e. The largest absolute Gasteiger partial charge is 0.435 e. The van der Waals surface area contributed by atoms with Crippen LogP contribution in [0.5, 0.6) is 11.6 Å². The van der Waals surface area contributed by atoms with Gasteiger partial charge < -0.3 is 19.9 Å². The average Bonchev–Trinajstić information content (AvgIpc) is 2.79. The maximum absolute atomic E-state index is 14.3. The van der Waals surface area contributed by atoms with Crippen LogP contribution < -0.4 is 15.0 Å². The van der Waals surface area contributed by atoms with Gasteiger partial charge in [-0.2, -0.15) is 4.98 Å². The molecule has 31 heavy (non-hydrogen) atoms. The fraction of sp³-hybridized carbons (Fsp3) is 0.435. The Bertz CT molecular complexity index is 959. The zero-order chi connectivity index (χ0) is 21.8. The first kappa shape index (κ1) is 21.1. The number of anilines is 1. The van der Waals surface area contributed by atoms with Crippen LogP contribution in [0.2, 0.25) is 0 Å². The molecule has 0 saturated carbocycles. The average molecular weight is 426 g/mol. The highest BCUT2D eigenvalue weighted by Crippen LogP contribution is 2.33. The van der Waals surface area contributed by atoms with Crippen molar-refractivity contribution in [1.82, 2.24) is 20.2 Å². The molecular formula is C23H28FN5O2. The molecule has 4 rings (SSSR count). The highest BCUT2D eigenvalue weighted by molar-refractivity contribution is 5.74. The number of rotatable bonds is 5. The second kappa shape index (κ2) is 9.32. The number of aromatic nitrogens is 2. The number of halogens is 1. The monoisotopic (exact) mass is 425 g/mol. The molecule has 1 N–H and O–H groups in total. The Hall–Kier alpha value is -3.16. The van der Waals surface area contributed by atoms with Gasteiger partial charge in [-0.1, -0.05) is 25.1 Å². The van der Waals surface area contributed by atoms with Crippen molar-refractivity contribution in [2.24, 2.45) is 5.92 Å². The number of fused-ring (bicyclic) bond motifs is 1. The van der Waals surface area contributed by atoms with Crippen molar-refractivity contribution in [2.45, 2.75) is 32.7 Å². The third-order valence-corrected chi connectivity index (χ3v) is 5.81. The molecule has 0 atom stereocenters. The summed E-state index contributed by atoms with van der Waals surface area (Å²) in [6, 6.07) is 6.07. The number of carbonyl (C=O) groups is 1. The molecule has 2 amide bonds. The molecule has 0 radical (unpaired) electrons. The standard InChI is InChI=1S/C23H28FN5O2/c1-3-11-25-23(30)29-14-10-19-17(15-29)21(31-20-7-5-4-6-18(20)24)27-22(26-19)28-12-8-16(2)9-13-28/h3-7,16H,1,8-15H2,2H3,(H,25,30). The zero-order valence-corrected chi connectivity index (χ0v) is 17.8. The van der Waals surface area contributed by atoms with E-state index in [0.717, 1.165) is 37.2 Å². The summed E-state index contributed by atoms with van der Waals surface area (Å²) >= 11 is 0. The number of benzene rings is 1. The Labute approximate surface area is 181 Å².